The number of sulfone groups is 1. The van der Waals surface area contributed by atoms with Crippen LogP contribution in [0.4, 0.5) is 8.78 Å². The lowest BCUT2D eigenvalue weighted by Gasteiger charge is -2.35. The first kappa shape index (κ1) is 20.7. The van der Waals surface area contributed by atoms with Crippen LogP contribution in [0.2, 0.25) is 0 Å². The van der Waals surface area contributed by atoms with E-state index >= 15 is 0 Å². The molecule has 6 nitrogen and oxygen atoms in total. The highest BCUT2D eigenvalue weighted by molar-refractivity contribution is 7.91. The van der Waals surface area contributed by atoms with Gasteiger partial charge in [-0.05, 0) is 43.0 Å². The molecule has 1 aromatic carbocycles. The van der Waals surface area contributed by atoms with Gasteiger partial charge in [-0.25, -0.2) is 8.42 Å². The van der Waals surface area contributed by atoms with Crippen molar-refractivity contribution in [3.63, 3.8) is 0 Å². The van der Waals surface area contributed by atoms with Gasteiger partial charge in [0.1, 0.15) is 0 Å². The van der Waals surface area contributed by atoms with Gasteiger partial charge >= 0.3 is 5.76 Å². The summed E-state index contributed by atoms with van der Waals surface area (Å²) in [6.45, 7) is 1.73. The van der Waals surface area contributed by atoms with Gasteiger partial charge in [0.2, 0.25) is 15.7 Å². The smallest absolute Gasteiger partial charge is 0.339 e. The van der Waals surface area contributed by atoms with Gasteiger partial charge in [0, 0.05) is 38.2 Å². The first-order valence-electron chi connectivity index (χ1n) is 9.48. The van der Waals surface area contributed by atoms with Gasteiger partial charge in [0.15, 0.2) is 0 Å². The SMILES string of the molecule is O=C(CC1CCCC1)N1CCN(C(=O)c2ccc(S(=O)(=O)C(F)F)cc2)CC1. The zero-order valence-electron chi connectivity index (χ0n) is 15.5. The lowest BCUT2D eigenvalue weighted by molar-refractivity contribution is -0.133. The minimum absolute atomic E-state index is 0.139. The maximum Gasteiger partial charge on any atom is 0.341 e. The monoisotopic (exact) mass is 414 g/mol. The van der Waals surface area contributed by atoms with Crippen LogP contribution >= 0.6 is 0 Å². The van der Waals surface area contributed by atoms with Crippen LogP contribution in [0, 0.1) is 5.92 Å². The van der Waals surface area contributed by atoms with Crippen LogP contribution in [0.3, 0.4) is 0 Å². The molecule has 0 bridgehead atoms. The average molecular weight is 414 g/mol. The summed E-state index contributed by atoms with van der Waals surface area (Å²) in [5, 5.41) is 0. The van der Waals surface area contributed by atoms with Crippen molar-refractivity contribution in [1.29, 1.82) is 0 Å². The maximum atomic E-state index is 12.6. The van der Waals surface area contributed by atoms with E-state index in [1.165, 1.54) is 25.0 Å². The fraction of sp³-hybridized carbons (Fsp3) is 0.579. The lowest BCUT2D eigenvalue weighted by atomic mass is 10.0. The standard InChI is InChI=1S/C19H24F2N2O4S/c20-19(21)28(26,27)16-7-5-15(6-8-16)18(25)23-11-9-22(10-12-23)17(24)13-14-3-1-2-4-14/h5-8,14,19H,1-4,9-13H2. The highest BCUT2D eigenvalue weighted by Gasteiger charge is 2.29. The highest BCUT2D eigenvalue weighted by atomic mass is 32.2. The number of carbonyl (C=O) groups is 2. The molecule has 2 aliphatic rings. The van der Waals surface area contributed by atoms with Crippen LogP contribution in [0.1, 0.15) is 42.5 Å². The van der Waals surface area contributed by atoms with E-state index in [-0.39, 0.29) is 17.4 Å². The van der Waals surface area contributed by atoms with Crippen LogP contribution in [0.25, 0.3) is 0 Å². The van der Waals surface area contributed by atoms with E-state index < -0.39 is 20.5 Å². The number of hydrogen-bond acceptors (Lipinski definition) is 4. The summed E-state index contributed by atoms with van der Waals surface area (Å²) in [6.07, 6.45) is 5.19. The molecule has 1 saturated heterocycles. The Morgan fingerprint density at radius 1 is 0.964 bits per heavy atom. The minimum atomic E-state index is -4.67. The van der Waals surface area contributed by atoms with Gasteiger partial charge in [-0.2, -0.15) is 8.78 Å². The number of rotatable bonds is 5. The van der Waals surface area contributed by atoms with Crippen molar-refractivity contribution in [1.82, 2.24) is 9.80 Å². The molecule has 1 aliphatic carbocycles. The van der Waals surface area contributed by atoms with E-state index in [2.05, 4.69) is 0 Å². The second-order valence-electron chi connectivity index (χ2n) is 7.36. The average Bonchev–Trinajstić information content (AvgIpc) is 3.20. The van der Waals surface area contributed by atoms with Crippen LogP contribution in [0.5, 0.6) is 0 Å². The summed E-state index contributed by atoms with van der Waals surface area (Å²) in [4.78, 5) is 27.8. The topological polar surface area (TPSA) is 74.8 Å². The molecule has 1 aromatic rings. The summed E-state index contributed by atoms with van der Waals surface area (Å²) >= 11 is 0. The molecule has 0 atom stereocenters. The molecule has 1 heterocycles. The highest BCUT2D eigenvalue weighted by Crippen LogP contribution is 2.28. The molecule has 2 amide bonds. The first-order chi connectivity index (χ1) is 13.3. The van der Waals surface area contributed by atoms with E-state index in [0.29, 0.717) is 38.5 Å². The van der Waals surface area contributed by atoms with Crippen molar-refractivity contribution in [2.45, 2.75) is 42.8 Å². The number of alkyl halides is 2. The van der Waals surface area contributed by atoms with Crippen molar-refractivity contribution in [3.05, 3.63) is 29.8 Å². The van der Waals surface area contributed by atoms with Crippen molar-refractivity contribution in [2.24, 2.45) is 5.92 Å². The molecule has 28 heavy (non-hydrogen) atoms. The third-order valence-electron chi connectivity index (χ3n) is 5.52. The molecular weight excluding hydrogens is 390 g/mol. The van der Waals surface area contributed by atoms with Gasteiger partial charge in [0.25, 0.3) is 5.91 Å². The van der Waals surface area contributed by atoms with Gasteiger partial charge in [-0.1, -0.05) is 12.8 Å². The summed E-state index contributed by atoms with van der Waals surface area (Å²) in [5.41, 5.74) is 0.235. The minimum Gasteiger partial charge on any atom is -0.339 e. The predicted octanol–water partition coefficient (Wildman–Crippen LogP) is 2.55. The number of nitrogens with zero attached hydrogens (tertiary/aromatic N) is 2. The van der Waals surface area contributed by atoms with Crippen molar-refractivity contribution < 1.29 is 26.8 Å². The number of benzene rings is 1. The predicted molar refractivity (Wildman–Crippen MR) is 98.7 cm³/mol. The van der Waals surface area contributed by atoms with Gasteiger partial charge in [0.05, 0.1) is 4.90 Å². The largest absolute Gasteiger partial charge is 0.341 e. The van der Waals surface area contributed by atoms with Crippen LogP contribution in [0.15, 0.2) is 29.2 Å². The van der Waals surface area contributed by atoms with Crippen LogP contribution in [-0.2, 0) is 14.6 Å². The van der Waals surface area contributed by atoms with Gasteiger partial charge in [-0.3, -0.25) is 9.59 Å². The van der Waals surface area contributed by atoms with Crippen molar-refractivity contribution in [3.8, 4) is 0 Å². The number of piperazine rings is 1. The van der Waals surface area contributed by atoms with Crippen LogP contribution in [-0.4, -0.2) is 62.0 Å². The van der Waals surface area contributed by atoms with Crippen molar-refractivity contribution >= 4 is 21.7 Å². The number of carbonyl (C=O) groups excluding carboxylic acids is 2. The Bertz CT molecular complexity index is 813. The summed E-state index contributed by atoms with van der Waals surface area (Å²) in [7, 11) is -4.67. The second-order valence-corrected chi connectivity index (χ2v) is 9.28. The van der Waals surface area contributed by atoms with Gasteiger partial charge < -0.3 is 9.80 Å². The third kappa shape index (κ3) is 4.51. The molecule has 0 radical (unpaired) electrons. The van der Waals surface area contributed by atoms with E-state index in [4.69, 9.17) is 0 Å². The summed E-state index contributed by atoms with van der Waals surface area (Å²) < 4.78 is 48.1. The molecule has 154 valence electrons. The Kier molecular flexibility index (Phi) is 6.32. The Balaban J connectivity index is 1.55. The third-order valence-corrected chi connectivity index (χ3v) is 6.92. The lowest BCUT2D eigenvalue weighted by Crippen LogP contribution is -2.50. The van der Waals surface area contributed by atoms with E-state index in [1.54, 1.807) is 9.80 Å². The zero-order chi connectivity index (χ0) is 20.3. The summed E-state index contributed by atoms with van der Waals surface area (Å²) in [5.74, 6) is -3.18. The Labute approximate surface area is 163 Å². The molecule has 1 saturated carbocycles. The number of hydrogen-bond donors (Lipinski definition) is 0. The number of amides is 2. The van der Waals surface area contributed by atoms with E-state index in [0.717, 1.165) is 25.0 Å². The molecule has 0 aromatic heterocycles. The Morgan fingerprint density at radius 2 is 1.50 bits per heavy atom. The van der Waals surface area contributed by atoms with Crippen molar-refractivity contribution in [2.75, 3.05) is 26.2 Å². The molecule has 2 fully saturated rings. The first-order valence-corrected chi connectivity index (χ1v) is 11.0. The van der Waals surface area contributed by atoms with E-state index in [1.807, 2.05) is 0 Å². The summed E-state index contributed by atoms with van der Waals surface area (Å²) in [6, 6.07) is 4.54. The zero-order valence-corrected chi connectivity index (χ0v) is 16.3. The van der Waals surface area contributed by atoms with Gasteiger partial charge in [-0.15, -0.1) is 0 Å². The fourth-order valence-corrected chi connectivity index (χ4v) is 4.54. The van der Waals surface area contributed by atoms with E-state index in [9.17, 15) is 26.8 Å². The van der Waals surface area contributed by atoms with Crippen LogP contribution < -0.4 is 0 Å². The number of halogens is 2. The maximum absolute atomic E-state index is 12.6. The molecule has 1 aliphatic heterocycles. The molecule has 3 rings (SSSR count). The Hall–Kier alpha value is -2.03. The molecule has 0 spiro atoms. The molecule has 9 heteroatoms. The quantitative estimate of drug-likeness (QED) is 0.742. The Morgan fingerprint density at radius 3 is 2.04 bits per heavy atom. The fourth-order valence-electron chi connectivity index (χ4n) is 3.82. The molecule has 0 unspecified atom stereocenters. The molecular formula is C19H24F2N2O4S. The molecule has 0 N–H and O–H groups in total. The second kappa shape index (κ2) is 8.55. The normalized spacial score (nSPS) is 18.7.